The summed E-state index contributed by atoms with van der Waals surface area (Å²) in [5.74, 6) is 0.959. The average molecular weight is 493 g/mol. The van der Waals surface area contributed by atoms with Gasteiger partial charge in [0.1, 0.15) is 10.9 Å². The Hall–Kier alpha value is -2.67. The van der Waals surface area contributed by atoms with Crippen LogP contribution in [0.2, 0.25) is 0 Å². The highest BCUT2D eigenvalue weighted by molar-refractivity contribution is 7.90. The highest BCUT2D eigenvalue weighted by atomic mass is 32.2. The topological polar surface area (TPSA) is 98.8 Å². The van der Waals surface area contributed by atoms with E-state index >= 15 is 0 Å². The fourth-order valence-corrected chi connectivity index (χ4v) is 9.75. The number of amides is 1. The first-order valence-electron chi connectivity index (χ1n) is 12.5. The van der Waals surface area contributed by atoms with Crippen molar-refractivity contribution in [3.63, 3.8) is 0 Å². The molecule has 4 aliphatic carbocycles. The van der Waals surface area contributed by atoms with Crippen LogP contribution >= 0.6 is 0 Å². The standard InChI is InChI=1S/C28H32N2O4S/c1-26(2)24(21-10-8-20(9-11-21)19-6-4-3-5-7-19)35(32,33)30-23(34-26)16-27-13-18-12-22(27)15-28(14-18,17-27)25(29)31/h3-11,18,22,24H,12-17H2,1-2H3,(H2,29,31)/t18?,22?,24-,27?,28?/m1/s1. The van der Waals surface area contributed by atoms with E-state index in [1.807, 2.05) is 68.4 Å². The number of hydrogen-bond acceptors (Lipinski definition) is 4. The molecule has 0 radical (unpaired) electrons. The second-order valence-electron chi connectivity index (χ2n) is 11.8. The molecule has 1 aliphatic heterocycles. The largest absolute Gasteiger partial charge is 0.472 e. The summed E-state index contributed by atoms with van der Waals surface area (Å²) in [6.07, 6.45) is 4.97. The van der Waals surface area contributed by atoms with Crippen molar-refractivity contribution in [3.8, 4) is 11.1 Å². The van der Waals surface area contributed by atoms with Crippen molar-refractivity contribution in [2.45, 2.75) is 63.2 Å². The van der Waals surface area contributed by atoms with Crippen molar-refractivity contribution < 1.29 is 17.9 Å². The van der Waals surface area contributed by atoms with E-state index in [9.17, 15) is 13.2 Å². The molecule has 0 saturated heterocycles. The van der Waals surface area contributed by atoms with Crippen molar-refractivity contribution in [1.82, 2.24) is 0 Å². The molecular formula is C28H32N2O4S. The molecule has 2 aromatic rings. The lowest BCUT2D eigenvalue weighted by Crippen LogP contribution is -2.45. The van der Waals surface area contributed by atoms with Crippen molar-refractivity contribution in [1.29, 1.82) is 0 Å². The van der Waals surface area contributed by atoms with Gasteiger partial charge < -0.3 is 10.5 Å². The van der Waals surface area contributed by atoms with Gasteiger partial charge in [0.15, 0.2) is 0 Å². The monoisotopic (exact) mass is 492 g/mol. The number of sulfonamides is 1. The summed E-state index contributed by atoms with van der Waals surface area (Å²) in [4.78, 5) is 12.3. The van der Waals surface area contributed by atoms with Crippen LogP contribution < -0.4 is 5.73 Å². The Bertz CT molecular complexity index is 1320. The van der Waals surface area contributed by atoms with Crippen LogP contribution in [0.5, 0.6) is 0 Å². The maximum absolute atomic E-state index is 13.5. The van der Waals surface area contributed by atoms with Crippen LogP contribution in [-0.4, -0.2) is 25.8 Å². The minimum atomic E-state index is -3.85. The minimum absolute atomic E-state index is 0.132. The van der Waals surface area contributed by atoms with Crippen molar-refractivity contribution in [2.75, 3.05) is 0 Å². The van der Waals surface area contributed by atoms with Gasteiger partial charge >= 0.3 is 0 Å². The highest BCUT2D eigenvalue weighted by Crippen LogP contribution is 2.71. The maximum atomic E-state index is 13.5. The zero-order valence-electron chi connectivity index (χ0n) is 20.2. The normalized spacial score (nSPS) is 35.9. The third kappa shape index (κ3) is 3.53. The summed E-state index contributed by atoms with van der Waals surface area (Å²) in [6.45, 7) is 3.66. The number of hydrogen-bond donors (Lipinski definition) is 1. The second kappa shape index (κ2) is 7.42. The van der Waals surface area contributed by atoms with E-state index in [4.69, 9.17) is 10.5 Å². The Morgan fingerprint density at radius 2 is 1.71 bits per heavy atom. The van der Waals surface area contributed by atoms with Crippen LogP contribution in [0.3, 0.4) is 0 Å². The van der Waals surface area contributed by atoms with Gasteiger partial charge in [0.05, 0.1) is 5.41 Å². The molecule has 4 saturated carbocycles. The average Bonchev–Trinajstić information content (AvgIpc) is 3.14. The maximum Gasteiger partial charge on any atom is 0.267 e. The molecule has 2 aromatic carbocycles. The molecule has 1 amide bonds. The third-order valence-corrected chi connectivity index (χ3v) is 11.0. The Morgan fingerprint density at radius 3 is 2.37 bits per heavy atom. The fraction of sp³-hybridized carbons (Fsp3) is 0.500. The van der Waals surface area contributed by atoms with Gasteiger partial charge in [-0.3, -0.25) is 4.79 Å². The molecule has 4 bridgehead atoms. The van der Waals surface area contributed by atoms with Gasteiger partial charge in [0.25, 0.3) is 10.0 Å². The van der Waals surface area contributed by atoms with Crippen LogP contribution in [-0.2, 0) is 19.6 Å². The van der Waals surface area contributed by atoms with E-state index < -0.39 is 26.3 Å². The van der Waals surface area contributed by atoms with Crippen LogP contribution in [0.1, 0.15) is 63.2 Å². The molecule has 184 valence electrons. The summed E-state index contributed by atoms with van der Waals surface area (Å²) in [6, 6.07) is 17.6. The molecule has 0 spiro atoms. The Labute approximate surface area is 207 Å². The van der Waals surface area contributed by atoms with E-state index in [2.05, 4.69) is 4.40 Å². The van der Waals surface area contributed by atoms with E-state index in [1.165, 1.54) is 0 Å². The molecule has 7 heteroatoms. The van der Waals surface area contributed by atoms with E-state index in [-0.39, 0.29) is 11.3 Å². The van der Waals surface area contributed by atoms with Crippen LogP contribution in [0, 0.1) is 22.7 Å². The molecule has 2 N–H and O–H groups in total. The first-order valence-corrected chi connectivity index (χ1v) is 14.0. The molecular weight excluding hydrogens is 460 g/mol. The summed E-state index contributed by atoms with van der Waals surface area (Å²) in [7, 11) is -3.85. The van der Waals surface area contributed by atoms with Gasteiger partial charge in [-0.05, 0) is 79.9 Å². The van der Waals surface area contributed by atoms with Gasteiger partial charge in [-0.1, -0.05) is 54.6 Å². The van der Waals surface area contributed by atoms with Crippen LogP contribution in [0.15, 0.2) is 59.0 Å². The number of ether oxygens (including phenoxy) is 1. The number of carbonyl (C=O) groups is 1. The minimum Gasteiger partial charge on any atom is -0.472 e. The zero-order valence-corrected chi connectivity index (χ0v) is 21.1. The Balaban J connectivity index is 1.29. The van der Waals surface area contributed by atoms with Crippen LogP contribution in [0.25, 0.3) is 11.1 Å². The Morgan fingerprint density at radius 1 is 1.03 bits per heavy atom. The number of nitrogens with zero attached hydrogens (tertiary/aromatic N) is 1. The van der Waals surface area contributed by atoms with Gasteiger partial charge in [0, 0.05) is 6.42 Å². The molecule has 5 aliphatic rings. The highest BCUT2D eigenvalue weighted by Gasteiger charge is 2.66. The smallest absolute Gasteiger partial charge is 0.267 e. The summed E-state index contributed by atoms with van der Waals surface area (Å²) in [5.41, 5.74) is 7.07. The van der Waals surface area contributed by atoms with Crippen molar-refractivity contribution in [2.24, 2.45) is 32.8 Å². The summed E-state index contributed by atoms with van der Waals surface area (Å²) < 4.78 is 37.6. The predicted octanol–water partition coefficient (Wildman–Crippen LogP) is 5.00. The number of nitrogens with two attached hydrogens (primary N) is 1. The molecule has 4 fully saturated rings. The van der Waals surface area contributed by atoms with Gasteiger partial charge in [-0.2, -0.15) is 0 Å². The lowest BCUT2D eigenvalue weighted by Gasteiger charge is -2.41. The quantitative estimate of drug-likeness (QED) is 0.635. The van der Waals surface area contributed by atoms with Gasteiger partial charge in [0.2, 0.25) is 11.8 Å². The van der Waals surface area contributed by atoms with E-state index in [0.717, 1.165) is 43.2 Å². The van der Waals surface area contributed by atoms with Crippen molar-refractivity contribution >= 4 is 21.8 Å². The molecule has 1 heterocycles. The Kier molecular flexibility index (Phi) is 4.83. The molecule has 5 atom stereocenters. The second-order valence-corrected chi connectivity index (χ2v) is 13.5. The van der Waals surface area contributed by atoms with Crippen molar-refractivity contribution in [3.05, 3.63) is 60.2 Å². The van der Waals surface area contributed by atoms with E-state index in [0.29, 0.717) is 29.7 Å². The number of primary amides is 1. The fourth-order valence-electron chi connectivity index (χ4n) is 8.00. The first kappa shape index (κ1) is 22.8. The summed E-state index contributed by atoms with van der Waals surface area (Å²) >= 11 is 0. The van der Waals surface area contributed by atoms with E-state index in [1.54, 1.807) is 0 Å². The zero-order chi connectivity index (χ0) is 24.6. The molecule has 7 rings (SSSR count). The number of rotatable bonds is 5. The lowest BCUT2D eigenvalue weighted by molar-refractivity contribution is -0.130. The van der Waals surface area contributed by atoms with Gasteiger partial charge in [-0.15, -0.1) is 4.40 Å². The number of carbonyl (C=O) groups excluding carboxylic acids is 1. The molecule has 35 heavy (non-hydrogen) atoms. The first-order chi connectivity index (χ1) is 16.5. The molecule has 4 unspecified atom stereocenters. The SMILES string of the molecule is CC1(C)OC(CC23CC4CC2CC(C(N)=O)(C4)C3)=NS(=O)(=O)[C@@H]1c1ccc(-c2ccccc2)cc1. The predicted molar refractivity (Wildman–Crippen MR) is 135 cm³/mol. The third-order valence-electron chi connectivity index (χ3n) is 9.07. The number of benzene rings is 2. The molecule has 6 nitrogen and oxygen atoms in total. The summed E-state index contributed by atoms with van der Waals surface area (Å²) in [5, 5.41) is -0.894. The molecule has 0 aromatic heterocycles. The van der Waals surface area contributed by atoms with Crippen LogP contribution in [0.4, 0.5) is 0 Å². The lowest BCUT2D eigenvalue weighted by atomic mass is 9.66. The van der Waals surface area contributed by atoms with Gasteiger partial charge in [-0.25, -0.2) is 8.42 Å².